The Bertz CT molecular complexity index is 1590. The maximum atomic E-state index is 15.6. The quantitative estimate of drug-likeness (QED) is 0.356. The summed E-state index contributed by atoms with van der Waals surface area (Å²) in [4.78, 5) is 28.0. The van der Waals surface area contributed by atoms with Crippen molar-refractivity contribution in [3.63, 3.8) is 0 Å². The molecule has 1 saturated heterocycles. The number of pyridine rings is 1. The average Bonchev–Trinajstić information content (AvgIpc) is 3.35. The van der Waals surface area contributed by atoms with Gasteiger partial charge >= 0.3 is 6.18 Å². The summed E-state index contributed by atoms with van der Waals surface area (Å²) in [6.07, 6.45) is -3.83. The van der Waals surface area contributed by atoms with Crippen LogP contribution in [0.1, 0.15) is 41.1 Å². The fourth-order valence-electron chi connectivity index (χ4n) is 6.02. The minimum Gasteiger partial charge on any atom is -0.494 e. The molecule has 5 rings (SSSR count). The predicted molar refractivity (Wildman–Crippen MR) is 150 cm³/mol. The molecule has 2 aliphatic rings. The fraction of sp³-hybridized carbons (Fsp3) is 0.400. The number of hydrogen-bond acceptors (Lipinski definition) is 5. The average molecular weight is 608 g/mol. The molecule has 0 spiro atoms. The second kappa shape index (κ2) is 11.7. The van der Waals surface area contributed by atoms with Gasteiger partial charge in [-0.05, 0) is 55.6 Å². The number of hydrogen-bond donors (Lipinski definition) is 1. The third-order valence-electron chi connectivity index (χ3n) is 8.12. The van der Waals surface area contributed by atoms with E-state index < -0.39 is 52.9 Å². The van der Waals surface area contributed by atoms with Crippen molar-refractivity contribution < 1.29 is 31.5 Å². The van der Waals surface area contributed by atoms with E-state index >= 15 is 8.78 Å². The number of amides is 1. The van der Waals surface area contributed by atoms with Crippen molar-refractivity contribution >= 4 is 17.7 Å². The summed E-state index contributed by atoms with van der Waals surface area (Å²) in [5, 5.41) is 0.425. The van der Waals surface area contributed by atoms with Crippen molar-refractivity contribution in [1.82, 2.24) is 9.47 Å². The number of aromatic nitrogens is 1. The van der Waals surface area contributed by atoms with E-state index in [0.29, 0.717) is 42.4 Å². The molecule has 0 saturated carbocycles. The molecule has 2 unspecified atom stereocenters. The number of halogens is 5. The van der Waals surface area contributed by atoms with Crippen LogP contribution in [0.4, 0.5) is 22.0 Å². The molecule has 224 valence electrons. The summed E-state index contributed by atoms with van der Waals surface area (Å²) in [6.45, 7) is 3.06. The van der Waals surface area contributed by atoms with Crippen molar-refractivity contribution in [2.45, 2.75) is 43.4 Å². The number of methoxy groups -OCH3 is 1. The maximum Gasteiger partial charge on any atom is 0.416 e. The van der Waals surface area contributed by atoms with Crippen LogP contribution in [0.3, 0.4) is 0 Å². The van der Waals surface area contributed by atoms with Gasteiger partial charge in [0, 0.05) is 36.4 Å². The third kappa shape index (κ3) is 5.54. The van der Waals surface area contributed by atoms with Crippen molar-refractivity contribution in [1.29, 1.82) is 0 Å². The van der Waals surface area contributed by atoms with Gasteiger partial charge in [-0.3, -0.25) is 14.2 Å². The molecule has 0 radical (unpaired) electrons. The van der Waals surface area contributed by atoms with E-state index in [0.717, 1.165) is 24.6 Å². The largest absolute Gasteiger partial charge is 0.494 e. The Morgan fingerprint density at radius 3 is 2.57 bits per heavy atom. The van der Waals surface area contributed by atoms with Gasteiger partial charge in [0.05, 0.1) is 35.2 Å². The Morgan fingerprint density at radius 1 is 1.14 bits per heavy atom. The molecule has 2 N–H and O–H groups in total. The molecule has 3 aromatic rings. The molecule has 6 nitrogen and oxygen atoms in total. The SMILES string of the molecule is COc1cccc(-c2c(C)c(Cc3c(F)cccc3C(F)(F)F)c3n(c2=O)C(CN2CCCC(C(N)=O)C2)CS3)c1F. The number of primary amides is 1. The Morgan fingerprint density at radius 2 is 1.88 bits per heavy atom. The van der Waals surface area contributed by atoms with E-state index in [2.05, 4.69) is 4.90 Å². The molecular formula is C30H30F5N3O3S. The van der Waals surface area contributed by atoms with E-state index in [1.54, 1.807) is 6.92 Å². The first kappa shape index (κ1) is 30.1. The molecule has 1 aromatic heterocycles. The van der Waals surface area contributed by atoms with Crippen LogP contribution in [-0.2, 0) is 17.4 Å². The van der Waals surface area contributed by atoms with Gasteiger partial charge in [-0.2, -0.15) is 13.2 Å². The first-order valence-corrected chi connectivity index (χ1v) is 14.5. The standard InChI is InChI=1S/C30H30F5N3O3S/c1-16-20(12-21-22(30(33,34)35)8-4-9-23(21)31)29-38(28(40)25(16)19-7-3-10-24(41-2)26(19)32)18(15-42-29)14-37-11-5-6-17(13-37)27(36)39/h3-4,7-10,17-18H,5-6,11-15H2,1-2H3,(H2,36,39). The van der Waals surface area contributed by atoms with Gasteiger partial charge in [0.1, 0.15) is 5.82 Å². The van der Waals surface area contributed by atoms with E-state index in [1.807, 2.05) is 0 Å². The van der Waals surface area contributed by atoms with Gasteiger partial charge in [-0.1, -0.05) is 18.2 Å². The number of carbonyl (C=O) groups excluding carboxylic acids is 1. The summed E-state index contributed by atoms with van der Waals surface area (Å²) in [6, 6.07) is 6.73. The highest BCUT2D eigenvalue weighted by Gasteiger charge is 2.37. The molecule has 0 bridgehead atoms. The first-order valence-electron chi connectivity index (χ1n) is 13.5. The zero-order valence-corrected chi connectivity index (χ0v) is 23.9. The van der Waals surface area contributed by atoms with Gasteiger partial charge in [-0.15, -0.1) is 11.8 Å². The number of rotatable bonds is 7. The van der Waals surface area contributed by atoms with Crippen LogP contribution in [0, 0.1) is 24.5 Å². The molecule has 1 amide bonds. The number of likely N-dealkylation sites (tertiary alicyclic amines) is 1. The molecule has 3 heterocycles. The molecule has 2 atom stereocenters. The smallest absolute Gasteiger partial charge is 0.416 e. The number of nitrogens with zero attached hydrogens (tertiary/aromatic N) is 2. The van der Waals surface area contributed by atoms with Crippen LogP contribution in [0.15, 0.2) is 46.2 Å². The van der Waals surface area contributed by atoms with E-state index in [4.69, 9.17) is 10.5 Å². The monoisotopic (exact) mass is 607 g/mol. The molecule has 2 aliphatic heterocycles. The Labute approximate surface area is 243 Å². The molecule has 0 aliphatic carbocycles. The Balaban J connectivity index is 1.68. The van der Waals surface area contributed by atoms with Crippen LogP contribution in [0.5, 0.6) is 5.75 Å². The summed E-state index contributed by atoms with van der Waals surface area (Å²) in [5.74, 6) is -2.18. The number of ether oxygens (including phenoxy) is 1. The fourth-order valence-corrected chi connectivity index (χ4v) is 7.40. The summed E-state index contributed by atoms with van der Waals surface area (Å²) < 4.78 is 79.0. The van der Waals surface area contributed by atoms with Gasteiger partial charge in [-0.25, -0.2) is 8.78 Å². The van der Waals surface area contributed by atoms with Crippen molar-refractivity contribution in [3.05, 3.63) is 80.6 Å². The number of carbonyl (C=O) groups is 1. The minimum absolute atomic E-state index is 0.0174. The molecule has 2 aromatic carbocycles. The zero-order valence-electron chi connectivity index (χ0n) is 23.1. The molecule has 1 fully saturated rings. The zero-order chi connectivity index (χ0) is 30.3. The molecule has 42 heavy (non-hydrogen) atoms. The number of fused-ring (bicyclic) bond motifs is 1. The van der Waals surface area contributed by atoms with Crippen molar-refractivity contribution in [2.75, 3.05) is 32.5 Å². The highest BCUT2D eigenvalue weighted by Crippen LogP contribution is 2.42. The summed E-state index contributed by atoms with van der Waals surface area (Å²) >= 11 is 1.30. The van der Waals surface area contributed by atoms with Crippen molar-refractivity contribution in [3.8, 4) is 16.9 Å². The topological polar surface area (TPSA) is 77.6 Å². The maximum absolute atomic E-state index is 15.6. The van der Waals surface area contributed by atoms with Gasteiger partial charge in [0.15, 0.2) is 11.6 Å². The highest BCUT2D eigenvalue weighted by molar-refractivity contribution is 7.99. The highest BCUT2D eigenvalue weighted by atomic mass is 32.2. The van der Waals surface area contributed by atoms with E-state index in [-0.39, 0.29) is 28.4 Å². The Kier molecular flexibility index (Phi) is 8.39. The lowest BCUT2D eigenvalue weighted by Crippen LogP contribution is -2.44. The van der Waals surface area contributed by atoms with Gasteiger partial charge in [0.2, 0.25) is 5.91 Å². The Hall–Kier alpha value is -3.38. The number of thioether (sulfide) groups is 1. The lowest BCUT2D eigenvalue weighted by atomic mass is 9.92. The van der Waals surface area contributed by atoms with Crippen LogP contribution < -0.4 is 16.0 Å². The lowest BCUT2D eigenvalue weighted by molar-refractivity contribution is -0.138. The number of nitrogens with two attached hydrogens (primary N) is 1. The third-order valence-corrected chi connectivity index (χ3v) is 9.39. The number of benzene rings is 2. The second-order valence-electron chi connectivity index (χ2n) is 10.7. The lowest BCUT2D eigenvalue weighted by Gasteiger charge is -2.33. The molecule has 12 heteroatoms. The first-order chi connectivity index (χ1) is 19.9. The normalized spacial score (nSPS) is 19.1. The summed E-state index contributed by atoms with van der Waals surface area (Å²) in [7, 11) is 1.29. The van der Waals surface area contributed by atoms with E-state index in [9.17, 15) is 22.8 Å². The van der Waals surface area contributed by atoms with Crippen LogP contribution in [0.2, 0.25) is 0 Å². The van der Waals surface area contributed by atoms with Crippen LogP contribution >= 0.6 is 11.8 Å². The van der Waals surface area contributed by atoms with Gasteiger partial charge < -0.3 is 15.4 Å². The molecular weight excluding hydrogens is 577 g/mol. The van der Waals surface area contributed by atoms with Gasteiger partial charge in [0.25, 0.3) is 5.56 Å². The van der Waals surface area contributed by atoms with Crippen LogP contribution in [0.25, 0.3) is 11.1 Å². The van der Waals surface area contributed by atoms with E-state index in [1.165, 1.54) is 41.6 Å². The van der Waals surface area contributed by atoms with Crippen LogP contribution in [-0.4, -0.2) is 47.9 Å². The van der Waals surface area contributed by atoms with Crippen molar-refractivity contribution in [2.24, 2.45) is 11.7 Å². The predicted octanol–water partition coefficient (Wildman–Crippen LogP) is 5.56. The minimum atomic E-state index is -4.80. The summed E-state index contributed by atoms with van der Waals surface area (Å²) in [5.41, 5.74) is 3.92. The second-order valence-corrected chi connectivity index (χ2v) is 11.7. The number of piperidine rings is 1. The number of alkyl halides is 3.